The summed E-state index contributed by atoms with van der Waals surface area (Å²) in [5, 5.41) is 3.92. The number of hydrogen-bond acceptors (Lipinski definition) is 5. The number of carbonyl (C=O) groups excluding carboxylic acids is 1. The fourth-order valence-corrected chi connectivity index (χ4v) is 2.71. The van der Waals surface area contributed by atoms with Gasteiger partial charge in [-0.25, -0.2) is 5.43 Å². The van der Waals surface area contributed by atoms with Crippen LogP contribution in [0.4, 0.5) is 0 Å². The number of aryl methyl sites for hydroxylation is 1. The molecule has 0 aromatic heterocycles. The van der Waals surface area contributed by atoms with Crippen LogP contribution in [0.2, 0.25) is 0 Å². The van der Waals surface area contributed by atoms with Gasteiger partial charge in [0.25, 0.3) is 5.91 Å². The van der Waals surface area contributed by atoms with Crippen LogP contribution in [0.5, 0.6) is 17.2 Å². The van der Waals surface area contributed by atoms with Crippen molar-refractivity contribution in [2.45, 2.75) is 13.3 Å². The van der Waals surface area contributed by atoms with Gasteiger partial charge in [0.2, 0.25) is 0 Å². The highest BCUT2D eigenvalue weighted by Gasteiger charge is 2.06. The number of nitrogens with one attached hydrogen (secondary N) is 1. The second-order valence-electron chi connectivity index (χ2n) is 5.31. The average Bonchev–Trinajstić information content (AvgIpc) is 2.66. The molecule has 138 valence electrons. The molecule has 6 nitrogen and oxygen atoms in total. The van der Waals surface area contributed by atoms with Crippen molar-refractivity contribution < 1.29 is 19.0 Å². The lowest BCUT2D eigenvalue weighted by Gasteiger charge is -2.08. The highest BCUT2D eigenvalue weighted by atomic mass is 79.9. The van der Waals surface area contributed by atoms with E-state index < -0.39 is 0 Å². The van der Waals surface area contributed by atoms with Gasteiger partial charge in [-0.05, 0) is 63.8 Å². The number of ether oxygens (including phenoxy) is 3. The maximum atomic E-state index is 11.9. The van der Waals surface area contributed by atoms with Crippen LogP contribution in [0.1, 0.15) is 18.1 Å². The predicted octanol–water partition coefficient (Wildman–Crippen LogP) is 3.56. The minimum Gasteiger partial charge on any atom is -0.493 e. The summed E-state index contributed by atoms with van der Waals surface area (Å²) in [6.45, 7) is 1.94. The second-order valence-corrected chi connectivity index (χ2v) is 6.17. The number of hydrazone groups is 1. The van der Waals surface area contributed by atoms with Crippen molar-refractivity contribution in [2.75, 3.05) is 20.8 Å². The number of carbonyl (C=O) groups is 1. The monoisotopic (exact) mass is 420 g/mol. The van der Waals surface area contributed by atoms with Gasteiger partial charge in [-0.2, -0.15) is 5.10 Å². The van der Waals surface area contributed by atoms with E-state index in [0.717, 1.165) is 16.5 Å². The molecule has 26 heavy (non-hydrogen) atoms. The van der Waals surface area contributed by atoms with Crippen molar-refractivity contribution >= 4 is 28.1 Å². The van der Waals surface area contributed by atoms with E-state index >= 15 is 0 Å². The van der Waals surface area contributed by atoms with Gasteiger partial charge in [-0.1, -0.05) is 13.0 Å². The predicted molar refractivity (Wildman–Crippen MR) is 104 cm³/mol. The van der Waals surface area contributed by atoms with Crippen molar-refractivity contribution in [3.05, 3.63) is 52.0 Å². The van der Waals surface area contributed by atoms with Gasteiger partial charge in [0.1, 0.15) is 5.75 Å². The summed E-state index contributed by atoms with van der Waals surface area (Å²) in [5.74, 6) is 1.47. The zero-order valence-electron chi connectivity index (χ0n) is 14.9. The van der Waals surface area contributed by atoms with Gasteiger partial charge >= 0.3 is 0 Å². The van der Waals surface area contributed by atoms with Crippen LogP contribution in [0, 0.1) is 0 Å². The van der Waals surface area contributed by atoms with Crippen molar-refractivity contribution in [1.29, 1.82) is 0 Å². The molecule has 0 heterocycles. The maximum absolute atomic E-state index is 11.9. The Bertz CT molecular complexity index is 793. The molecule has 0 spiro atoms. The molecule has 2 aromatic rings. The standard InChI is InChI=1S/C19H21BrN2O4/c1-4-13-5-7-16(15(20)9-13)26-12-19(23)22-21-11-14-6-8-17(24-2)18(10-14)25-3/h5-11H,4,12H2,1-3H3,(H,22,23). The van der Waals surface area contributed by atoms with Crippen LogP contribution in [0.15, 0.2) is 46.0 Å². The third-order valence-electron chi connectivity index (χ3n) is 3.57. The summed E-state index contributed by atoms with van der Waals surface area (Å²) in [7, 11) is 3.13. The van der Waals surface area contributed by atoms with E-state index in [2.05, 4.69) is 33.4 Å². The summed E-state index contributed by atoms with van der Waals surface area (Å²) in [4.78, 5) is 11.9. The molecule has 1 N–H and O–H groups in total. The maximum Gasteiger partial charge on any atom is 0.277 e. The van der Waals surface area contributed by atoms with Gasteiger partial charge in [-0.15, -0.1) is 0 Å². The summed E-state index contributed by atoms with van der Waals surface area (Å²) in [5.41, 5.74) is 4.38. The molecule has 7 heteroatoms. The van der Waals surface area contributed by atoms with Crippen molar-refractivity contribution in [2.24, 2.45) is 5.10 Å². The fraction of sp³-hybridized carbons (Fsp3) is 0.263. The molecule has 2 rings (SSSR count). The van der Waals surface area contributed by atoms with E-state index in [1.165, 1.54) is 11.8 Å². The molecule has 1 amide bonds. The zero-order valence-corrected chi connectivity index (χ0v) is 16.5. The minimum absolute atomic E-state index is 0.132. The largest absolute Gasteiger partial charge is 0.493 e. The summed E-state index contributed by atoms with van der Waals surface area (Å²) >= 11 is 3.44. The first-order valence-electron chi connectivity index (χ1n) is 8.02. The Hall–Kier alpha value is -2.54. The molecule has 0 aliphatic carbocycles. The Morgan fingerprint density at radius 3 is 2.50 bits per heavy atom. The SMILES string of the molecule is CCc1ccc(OCC(=O)NN=Cc2ccc(OC)c(OC)c2)c(Br)c1. The number of rotatable bonds is 8. The van der Waals surface area contributed by atoms with Gasteiger partial charge in [0.05, 0.1) is 24.9 Å². The number of halogens is 1. The molecule has 0 saturated heterocycles. The molecule has 0 aliphatic rings. The first kappa shape index (κ1) is 19.8. The minimum atomic E-state index is -0.354. The molecule has 0 fully saturated rings. The van der Waals surface area contributed by atoms with E-state index in [-0.39, 0.29) is 12.5 Å². The lowest BCUT2D eigenvalue weighted by Crippen LogP contribution is -2.24. The third kappa shape index (κ3) is 5.49. The van der Waals surface area contributed by atoms with Crippen LogP contribution in [0.3, 0.4) is 0 Å². The number of amides is 1. The Kier molecular flexibility index (Phi) is 7.47. The van der Waals surface area contributed by atoms with E-state index in [4.69, 9.17) is 14.2 Å². The average molecular weight is 421 g/mol. The number of benzene rings is 2. The van der Waals surface area contributed by atoms with Crippen LogP contribution in [-0.4, -0.2) is 32.9 Å². The molecule has 0 aliphatic heterocycles. The molecular weight excluding hydrogens is 400 g/mol. The van der Waals surface area contributed by atoms with Gasteiger partial charge in [-0.3, -0.25) is 4.79 Å². The highest BCUT2D eigenvalue weighted by molar-refractivity contribution is 9.10. The van der Waals surface area contributed by atoms with Crippen molar-refractivity contribution in [3.8, 4) is 17.2 Å². The topological polar surface area (TPSA) is 69.2 Å². The van der Waals surface area contributed by atoms with Crippen LogP contribution >= 0.6 is 15.9 Å². The van der Waals surface area contributed by atoms with Crippen LogP contribution in [-0.2, 0) is 11.2 Å². The molecule has 0 saturated carbocycles. The lowest BCUT2D eigenvalue weighted by molar-refractivity contribution is -0.123. The third-order valence-corrected chi connectivity index (χ3v) is 4.19. The van der Waals surface area contributed by atoms with E-state index in [1.54, 1.807) is 32.4 Å². The van der Waals surface area contributed by atoms with Crippen LogP contribution < -0.4 is 19.6 Å². The first-order valence-corrected chi connectivity index (χ1v) is 8.81. The van der Waals surface area contributed by atoms with Crippen molar-refractivity contribution in [1.82, 2.24) is 5.43 Å². The lowest BCUT2D eigenvalue weighted by atomic mass is 10.2. The zero-order chi connectivity index (χ0) is 18.9. The summed E-state index contributed by atoms with van der Waals surface area (Å²) in [6.07, 6.45) is 2.45. The van der Waals surface area contributed by atoms with Crippen molar-refractivity contribution in [3.63, 3.8) is 0 Å². The van der Waals surface area contributed by atoms with Gasteiger partial charge in [0.15, 0.2) is 18.1 Å². The molecule has 2 aromatic carbocycles. The Balaban J connectivity index is 1.87. The number of hydrogen-bond donors (Lipinski definition) is 1. The van der Waals surface area contributed by atoms with Crippen LogP contribution in [0.25, 0.3) is 0 Å². The smallest absolute Gasteiger partial charge is 0.277 e. The molecule has 0 radical (unpaired) electrons. The molecular formula is C19H21BrN2O4. The summed E-state index contributed by atoms with van der Waals surface area (Å²) in [6, 6.07) is 11.1. The first-order chi connectivity index (χ1) is 12.6. The van der Waals surface area contributed by atoms with Gasteiger partial charge in [0, 0.05) is 0 Å². The Morgan fingerprint density at radius 2 is 1.85 bits per heavy atom. The number of nitrogens with zero attached hydrogens (tertiary/aromatic N) is 1. The van der Waals surface area contributed by atoms with E-state index in [0.29, 0.717) is 17.2 Å². The Morgan fingerprint density at radius 1 is 1.12 bits per heavy atom. The highest BCUT2D eigenvalue weighted by Crippen LogP contribution is 2.27. The van der Waals surface area contributed by atoms with Gasteiger partial charge < -0.3 is 14.2 Å². The summed E-state index contributed by atoms with van der Waals surface area (Å²) < 4.78 is 16.7. The van der Waals surface area contributed by atoms with E-state index in [9.17, 15) is 4.79 Å². The normalized spacial score (nSPS) is 10.6. The Labute approximate surface area is 161 Å². The molecule has 0 unspecified atom stereocenters. The molecule has 0 bridgehead atoms. The molecule has 0 atom stereocenters. The number of methoxy groups -OCH3 is 2. The van der Waals surface area contributed by atoms with E-state index in [1.807, 2.05) is 18.2 Å². The fourth-order valence-electron chi connectivity index (χ4n) is 2.17. The second kappa shape index (κ2) is 9.82. The quantitative estimate of drug-likeness (QED) is 0.523.